The zero-order valence-corrected chi connectivity index (χ0v) is 16.5. The third kappa shape index (κ3) is 4.78. The predicted octanol–water partition coefficient (Wildman–Crippen LogP) is 4.86. The predicted molar refractivity (Wildman–Crippen MR) is 107 cm³/mol. The maximum absolute atomic E-state index is 14.0. The zero-order valence-electron chi connectivity index (χ0n) is 16.5. The minimum absolute atomic E-state index is 0.127. The van der Waals surface area contributed by atoms with Gasteiger partial charge in [-0.1, -0.05) is 48.0 Å². The standard InChI is InChI=1S/C24H21FO5/c1-16-7-9-21(10-8-16)27-15-22(26)28-13-18-11-20(25)12-19-14-29-24(30-23(18)19)17-5-3-2-4-6-17/h2-12,24H,13-15H2,1H3/t24-/m1/s1. The highest BCUT2D eigenvalue weighted by atomic mass is 19.1. The van der Waals surface area contributed by atoms with Gasteiger partial charge in [-0.25, -0.2) is 9.18 Å². The first-order valence-corrected chi connectivity index (χ1v) is 9.58. The van der Waals surface area contributed by atoms with Crippen molar-refractivity contribution >= 4 is 5.97 Å². The Morgan fingerprint density at radius 3 is 2.63 bits per heavy atom. The van der Waals surface area contributed by atoms with Crippen molar-refractivity contribution in [1.29, 1.82) is 0 Å². The van der Waals surface area contributed by atoms with E-state index in [0.717, 1.165) is 11.1 Å². The molecule has 0 radical (unpaired) electrons. The van der Waals surface area contributed by atoms with Gasteiger partial charge in [0.25, 0.3) is 0 Å². The summed E-state index contributed by atoms with van der Waals surface area (Å²) in [6, 6.07) is 19.5. The van der Waals surface area contributed by atoms with Gasteiger partial charge in [-0.15, -0.1) is 0 Å². The van der Waals surface area contributed by atoms with E-state index in [4.69, 9.17) is 18.9 Å². The van der Waals surface area contributed by atoms with Gasteiger partial charge >= 0.3 is 5.97 Å². The smallest absolute Gasteiger partial charge is 0.344 e. The van der Waals surface area contributed by atoms with E-state index in [2.05, 4.69) is 0 Å². The Morgan fingerprint density at radius 1 is 1.10 bits per heavy atom. The fourth-order valence-electron chi connectivity index (χ4n) is 3.14. The van der Waals surface area contributed by atoms with Crippen molar-refractivity contribution < 1.29 is 28.1 Å². The van der Waals surface area contributed by atoms with E-state index >= 15 is 0 Å². The van der Waals surface area contributed by atoms with E-state index in [1.54, 1.807) is 12.1 Å². The van der Waals surface area contributed by atoms with Crippen molar-refractivity contribution in [3.8, 4) is 11.5 Å². The lowest BCUT2D eigenvalue weighted by Gasteiger charge is -2.28. The molecule has 0 N–H and O–H groups in total. The highest BCUT2D eigenvalue weighted by Gasteiger charge is 2.25. The molecule has 0 unspecified atom stereocenters. The van der Waals surface area contributed by atoms with Gasteiger partial charge in [0.05, 0.1) is 6.61 Å². The third-order valence-corrected chi connectivity index (χ3v) is 4.66. The quantitative estimate of drug-likeness (QED) is 0.545. The number of aryl methyl sites for hydroxylation is 1. The molecule has 0 saturated carbocycles. The number of fused-ring (bicyclic) bond motifs is 1. The molecule has 6 heteroatoms. The molecule has 1 atom stereocenters. The Labute approximate surface area is 174 Å². The van der Waals surface area contributed by atoms with E-state index in [1.165, 1.54) is 12.1 Å². The first-order chi connectivity index (χ1) is 14.6. The topological polar surface area (TPSA) is 54.0 Å². The molecule has 0 amide bonds. The van der Waals surface area contributed by atoms with Crippen molar-refractivity contribution in [2.45, 2.75) is 26.4 Å². The third-order valence-electron chi connectivity index (χ3n) is 4.66. The fourth-order valence-corrected chi connectivity index (χ4v) is 3.14. The van der Waals surface area contributed by atoms with E-state index in [0.29, 0.717) is 22.6 Å². The Hall–Kier alpha value is -3.38. The molecule has 3 aromatic carbocycles. The van der Waals surface area contributed by atoms with E-state index in [1.807, 2.05) is 49.4 Å². The van der Waals surface area contributed by atoms with Gasteiger partial charge in [-0.3, -0.25) is 0 Å². The number of carbonyl (C=O) groups excluding carboxylic acids is 1. The van der Waals surface area contributed by atoms with E-state index in [9.17, 15) is 9.18 Å². The summed E-state index contributed by atoms with van der Waals surface area (Å²) in [5.74, 6) is 0.0527. The van der Waals surface area contributed by atoms with Crippen LogP contribution >= 0.6 is 0 Å². The van der Waals surface area contributed by atoms with Gasteiger partial charge in [0.1, 0.15) is 23.9 Å². The number of hydrogen-bond donors (Lipinski definition) is 0. The number of halogens is 1. The van der Waals surface area contributed by atoms with Gasteiger partial charge in [-0.2, -0.15) is 0 Å². The molecule has 0 fully saturated rings. The molecular formula is C24H21FO5. The van der Waals surface area contributed by atoms with Crippen molar-refractivity contribution in [2.24, 2.45) is 0 Å². The molecule has 0 bridgehead atoms. The minimum Gasteiger partial charge on any atom is -0.482 e. The van der Waals surface area contributed by atoms with Crippen LogP contribution in [0.15, 0.2) is 66.7 Å². The Balaban J connectivity index is 1.41. The van der Waals surface area contributed by atoms with Crippen molar-refractivity contribution in [2.75, 3.05) is 6.61 Å². The van der Waals surface area contributed by atoms with Crippen LogP contribution in [0.5, 0.6) is 11.5 Å². The van der Waals surface area contributed by atoms with Crippen molar-refractivity contribution in [3.05, 3.63) is 94.8 Å². The minimum atomic E-state index is -0.608. The van der Waals surface area contributed by atoms with Crippen LogP contribution in [-0.2, 0) is 27.5 Å². The van der Waals surface area contributed by atoms with Crippen LogP contribution in [0.4, 0.5) is 4.39 Å². The lowest BCUT2D eigenvalue weighted by atomic mass is 10.1. The maximum atomic E-state index is 14.0. The average Bonchev–Trinajstić information content (AvgIpc) is 2.77. The lowest BCUT2D eigenvalue weighted by molar-refractivity contribution is -0.147. The average molecular weight is 408 g/mol. The second-order valence-corrected chi connectivity index (χ2v) is 6.99. The van der Waals surface area contributed by atoms with E-state index < -0.39 is 18.1 Å². The summed E-state index contributed by atoms with van der Waals surface area (Å²) >= 11 is 0. The summed E-state index contributed by atoms with van der Waals surface area (Å²) < 4.78 is 36.4. The van der Waals surface area contributed by atoms with Crippen LogP contribution in [-0.4, -0.2) is 12.6 Å². The van der Waals surface area contributed by atoms with Crippen LogP contribution in [0.3, 0.4) is 0 Å². The molecule has 4 rings (SSSR count). The highest BCUT2D eigenvalue weighted by Crippen LogP contribution is 2.36. The molecule has 0 spiro atoms. The normalized spacial score (nSPS) is 15.1. The number of ether oxygens (including phenoxy) is 4. The van der Waals surface area contributed by atoms with Gasteiger partial charge in [0.15, 0.2) is 6.61 Å². The summed E-state index contributed by atoms with van der Waals surface area (Å²) in [6.45, 7) is 1.80. The number of carbonyl (C=O) groups is 1. The monoisotopic (exact) mass is 408 g/mol. The van der Waals surface area contributed by atoms with E-state index in [-0.39, 0.29) is 19.8 Å². The molecule has 1 aliphatic rings. The Morgan fingerprint density at radius 2 is 1.87 bits per heavy atom. The summed E-state index contributed by atoms with van der Waals surface area (Å²) in [5.41, 5.74) is 2.96. The largest absolute Gasteiger partial charge is 0.482 e. The highest BCUT2D eigenvalue weighted by molar-refractivity contribution is 5.71. The SMILES string of the molecule is Cc1ccc(OCC(=O)OCc2cc(F)cc3c2O[C@H](c2ccccc2)OC3)cc1. The summed E-state index contributed by atoms with van der Waals surface area (Å²) in [4.78, 5) is 12.1. The van der Waals surface area contributed by atoms with Crippen LogP contribution in [0.2, 0.25) is 0 Å². The van der Waals surface area contributed by atoms with Crippen LogP contribution in [0.1, 0.15) is 28.5 Å². The van der Waals surface area contributed by atoms with Crippen LogP contribution in [0, 0.1) is 12.7 Å². The molecule has 1 heterocycles. The molecule has 0 aromatic heterocycles. The fraction of sp³-hybridized carbons (Fsp3) is 0.208. The summed E-state index contributed by atoms with van der Waals surface area (Å²) in [6.07, 6.45) is -0.608. The molecule has 0 saturated heterocycles. The van der Waals surface area contributed by atoms with Crippen LogP contribution < -0.4 is 9.47 Å². The lowest BCUT2D eigenvalue weighted by Crippen LogP contribution is -2.20. The van der Waals surface area contributed by atoms with Gasteiger partial charge < -0.3 is 18.9 Å². The summed E-state index contributed by atoms with van der Waals surface area (Å²) in [7, 11) is 0. The van der Waals surface area contributed by atoms with Gasteiger partial charge in [0.2, 0.25) is 6.29 Å². The molecule has 1 aliphatic heterocycles. The zero-order chi connectivity index (χ0) is 20.9. The molecule has 5 nitrogen and oxygen atoms in total. The number of esters is 1. The summed E-state index contributed by atoms with van der Waals surface area (Å²) in [5, 5.41) is 0. The molecule has 30 heavy (non-hydrogen) atoms. The second kappa shape index (κ2) is 8.97. The number of benzene rings is 3. The second-order valence-electron chi connectivity index (χ2n) is 6.99. The molecular weight excluding hydrogens is 387 g/mol. The van der Waals surface area contributed by atoms with Crippen molar-refractivity contribution in [3.63, 3.8) is 0 Å². The Kier molecular flexibility index (Phi) is 5.95. The molecule has 0 aliphatic carbocycles. The van der Waals surface area contributed by atoms with Gasteiger partial charge in [0, 0.05) is 16.7 Å². The Bertz CT molecular complexity index is 1020. The molecule has 3 aromatic rings. The molecule has 154 valence electrons. The number of rotatable bonds is 6. The maximum Gasteiger partial charge on any atom is 0.344 e. The van der Waals surface area contributed by atoms with Crippen molar-refractivity contribution in [1.82, 2.24) is 0 Å². The van der Waals surface area contributed by atoms with Crippen LogP contribution in [0.25, 0.3) is 0 Å². The first kappa shape index (κ1) is 19.9. The number of hydrogen-bond acceptors (Lipinski definition) is 5. The van der Waals surface area contributed by atoms with Gasteiger partial charge in [-0.05, 0) is 31.2 Å². The first-order valence-electron chi connectivity index (χ1n) is 9.58.